The van der Waals surface area contributed by atoms with Crippen molar-refractivity contribution in [2.75, 3.05) is 36.4 Å². The van der Waals surface area contributed by atoms with Gasteiger partial charge in [-0.05, 0) is 66.3 Å². The lowest BCUT2D eigenvalue weighted by Gasteiger charge is -2.36. The number of amides is 1. The second-order valence-corrected chi connectivity index (χ2v) is 10.1. The quantitative estimate of drug-likeness (QED) is 0.353. The summed E-state index contributed by atoms with van der Waals surface area (Å²) in [5.41, 5.74) is 3.47. The van der Waals surface area contributed by atoms with E-state index in [-0.39, 0.29) is 11.0 Å². The highest BCUT2D eigenvalue weighted by Crippen LogP contribution is 2.23. The summed E-state index contributed by atoms with van der Waals surface area (Å²) >= 11 is 21.1. The van der Waals surface area contributed by atoms with Gasteiger partial charge in [-0.3, -0.25) is 15.0 Å². The molecule has 1 aliphatic rings. The number of carbonyl (C=O) groups is 1. The lowest BCUT2D eigenvalue weighted by atomic mass is 10.2. The summed E-state index contributed by atoms with van der Waals surface area (Å²) in [6.45, 7) is 4.70. The summed E-state index contributed by atoms with van der Waals surface area (Å²) in [4.78, 5) is 17.3. The Hall–Kier alpha value is -2.16. The van der Waals surface area contributed by atoms with Crippen LogP contribution in [0.4, 0.5) is 11.4 Å². The van der Waals surface area contributed by atoms with E-state index in [9.17, 15) is 4.79 Å². The molecule has 0 saturated carbocycles. The first kappa shape index (κ1) is 24.9. The molecule has 0 spiro atoms. The zero-order valence-electron chi connectivity index (χ0n) is 18.2. The maximum atomic E-state index is 12.5. The smallest absolute Gasteiger partial charge is 0.258 e. The van der Waals surface area contributed by atoms with E-state index in [0.29, 0.717) is 10.6 Å². The van der Waals surface area contributed by atoms with E-state index in [4.69, 9.17) is 35.4 Å². The number of nitrogens with one attached hydrogen (secondary N) is 2. The van der Waals surface area contributed by atoms with Gasteiger partial charge in [0.05, 0.1) is 10.6 Å². The minimum absolute atomic E-state index is 0.210. The fraction of sp³-hybridized carbons (Fsp3) is 0.200. The molecule has 0 unspecified atom stereocenters. The number of anilines is 2. The van der Waals surface area contributed by atoms with Gasteiger partial charge in [-0.1, -0.05) is 57.3 Å². The number of piperazine rings is 1. The highest BCUT2D eigenvalue weighted by atomic mass is 79.9. The molecule has 0 aromatic heterocycles. The van der Waals surface area contributed by atoms with Gasteiger partial charge in [0.25, 0.3) is 5.91 Å². The normalized spacial score (nSPS) is 14.0. The lowest BCUT2D eigenvalue weighted by molar-refractivity contribution is 0.0978. The van der Waals surface area contributed by atoms with Crippen LogP contribution < -0.4 is 15.5 Å². The fourth-order valence-electron chi connectivity index (χ4n) is 3.79. The van der Waals surface area contributed by atoms with Gasteiger partial charge >= 0.3 is 0 Å². The highest BCUT2D eigenvalue weighted by Gasteiger charge is 2.18. The molecule has 3 aromatic carbocycles. The molecule has 1 saturated heterocycles. The Bertz CT molecular complexity index is 1180. The van der Waals surface area contributed by atoms with Crippen molar-refractivity contribution < 1.29 is 4.79 Å². The number of benzene rings is 3. The molecule has 1 aliphatic heterocycles. The van der Waals surface area contributed by atoms with E-state index in [0.717, 1.165) is 53.6 Å². The minimum atomic E-state index is -0.366. The SMILES string of the molecule is O=C(NC(=S)Nc1ccc(N2CCN(Cc3ccccc3Cl)CC2)cc1)c1cc(Br)ccc1Cl. The van der Waals surface area contributed by atoms with Crippen LogP contribution >= 0.6 is 51.3 Å². The second kappa shape index (κ2) is 11.5. The van der Waals surface area contributed by atoms with Crippen molar-refractivity contribution in [2.45, 2.75) is 6.54 Å². The van der Waals surface area contributed by atoms with Crippen molar-refractivity contribution >= 4 is 73.7 Å². The molecule has 1 fully saturated rings. The number of thiocarbonyl (C=S) groups is 1. The molecule has 9 heteroatoms. The van der Waals surface area contributed by atoms with Gasteiger partial charge in [-0.15, -0.1) is 0 Å². The largest absolute Gasteiger partial charge is 0.369 e. The zero-order chi connectivity index (χ0) is 24.1. The number of halogens is 3. The van der Waals surface area contributed by atoms with E-state index >= 15 is 0 Å². The van der Waals surface area contributed by atoms with Crippen LogP contribution in [0.2, 0.25) is 10.0 Å². The average Bonchev–Trinajstić information content (AvgIpc) is 2.83. The van der Waals surface area contributed by atoms with Crippen LogP contribution in [0.15, 0.2) is 71.2 Å². The van der Waals surface area contributed by atoms with Crippen molar-refractivity contribution in [1.29, 1.82) is 0 Å². The second-order valence-electron chi connectivity index (χ2n) is 7.93. The van der Waals surface area contributed by atoms with Crippen molar-refractivity contribution in [3.63, 3.8) is 0 Å². The topological polar surface area (TPSA) is 47.6 Å². The Balaban J connectivity index is 1.28. The molecule has 1 heterocycles. The molecule has 0 radical (unpaired) electrons. The van der Waals surface area contributed by atoms with Crippen LogP contribution in [0.3, 0.4) is 0 Å². The molecular weight excluding hydrogens is 555 g/mol. The Morgan fingerprint density at radius 1 is 0.941 bits per heavy atom. The van der Waals surface area contributed by atoms with E-state index in [1.807, 2.05) is 30.3 Å². The molecule has 5 nitrogen and oxygen atoms in total. The summed E-state index contributed by atoms with van der Waals surface area (Å²) in [6.07, 6.45) is 0. The maximum Gasteiger partial charge on any atom is 0.258 e. The van der Waals surface area contributed by atoms with Gasteiger partial charge < -0.3 is 10.2 Å². The van der Waals surface area contributed by atoms with Gasteiger partial charge in [0.15, 0.2) is 5.11 Å². The molecule has 4 rings (SSSR count). The minimum Gasteiger partial charge on any atom is -0.369 e. The predicted molar refractivity (Wildman–Crippen MR) is 148 cm³/mol. The fourth-order valence-corrected chi connectivity index (χ4v) is 4.76. The van der Waals surface area contributed by atoms with Gasteiger partial charge in [-0.2, -0.15) is 0 Å². The number of carbonyl (C=O) groups excluding carboxylic acids is 1. The van der Waals surface area contributed by atoms with Crippen LogP contribution in [0, 0.1) is 0 Å². The summed E-state index contributed by atoms with van der Waals surface area (Å²) in [5, 5.41) is 7.11. The highest BCUT2D eigenvalue weighted by molar-refractivity contribution is 9.10. The molecule has 0 bridgehead atoms. The first-order valence-electron chi connectivity index (χ1n) is 10.8. The predicted octanol–water partition coefficient (Wildman–Crippen LogP) is 6.20. The molecule has 1 amide bonds. The first-order chi connectivity index (χ1) is 16.4. The number of hydrogen-bond donors (Lipinski definition) is 2. The maximum absolute atomic E-state index is 12.5. The summed E-state index contributed by atoms with van der Waals surface area (Å²) in [7, 11) is 0. The van der Waals surface area contributed by atoms with Gasteiger partial charge in [0, 0.05) is 53.6 Å². The number of nitrogens with zero attached hydrogens (tertiary/aromatic N) is 2. The van der Waals surface area contributed by atoms with E-state index < -0.39 is 0 Å². The molecule has 0 atom stereocenters. The van der Waals surface area contributed by atoms with E-state index in [1.165, 1.54) is 5.56 Å². The van der Waals surface area contributed by atoms with Crippen LogP contribution in [-0.2, 0) is 6.54 Å². The Labute approximate surface area is 223 Å². The van der Waals surface area contributed by atoms with Crippen LogP contribution in [0.5, 0.6) is 0 Å². The molecular formula is C25H23BrCl2N4OS. The third-order valence-electron chi connectivity index (χ3n) is 5.61. The Morgan fingerprint density at radius 2 is 1.65 bits per heavy atom. The van der Waals surface area contributed by atoms with Crippen LogP contribution in [-0.4, -0.2) is 42.1 Å². The van der Waals surface area contributed by atoms with E-state index in [1.54, 1.807) is 18.2 Å². The van der Waals surface area contributed by atoms with Crippen LogP contribution in [0.25, 0.3) is 0 Å². The zero-order valence-corrected chi connectivity index (χ0v) is 22.1. The lowest BCUT2D eigenvalue weighted by Crippen LogP contribution is -2.46. The van der Waals surface area contributed by atoms with Crippen molar-refractivity contribution in [2.24, 2.45) is 0 Å². The summed E-state index contributed by atoms with van der Waals surface area (Å²) in [6, 6.07) is 21.1. The molecule has 3 aromatic rings. The van der Waals surface area contributed by atoms with Crippen LogP contribution in [0.1, 0.15) is 15.9 Å². The molecule has 176 valence electrons. The Morgan fingerprint density at radius 3 is 2.35 bits per heavy atom. The number of rotatable bonds is 5. The molecule has 0 aliphatic carbocycles. The Kier molecular flexibility index (Phi) is 8.45. The summed E-state index contributed by atoms with van der Waals surface area (Å²) in [5.74, 6) is -0.366. The number of hydrogen-bond acceptors (Lipinski definition) is 4. The monoisotopic (exact) mass is 576 g/mol. The molecule has 2 N–H and O–H groups in total. The van der Waals surface area contributed by atoms with Gasteiger partial charge in [-0.25, -0.2) is 0 Å². The third-order valence-corrected chi connectivity index (χ3v) is 7.01. The third kappa shape index (κ3) is 6.49. The van der Waals surface area contributed by atoms with Crippen molar-refractivity contribution in [1.82, 2.24) is 10.2 Å². The van der Waals surface area contributed by atoms with Gasteiger partial charge in [0.2, 0.25) is 0 Å². The van der Waals surface area contributed by atoms with Gasteiger partial charge in [0.1, 0.15) is 0 Å². The standard InChI is InChI=1S/C25H23BrCl2N4OS/c26-18-5-10-23(28)21(15-18)24(33)30-25(34)29-19-6-8-20(9-7-19)32-13-11-31(12-14-32)16-17-3-1-2-4-22(17)27/h1-10,15H,11-14,16H2,(H2,29,30,33,34). The first-order valence-corrected chi connectivity index (χ1v) is 12.7. The van der Waals surface area contributed by atoms with Crippen molar-refractivity contribution in [3.8, 4) is 0 Å². The van der Waals surface area contributed by atoms with Crippen molar-refractivity contribution in [3.05, 3.63) is 92.4 Å². The average molecular weight is 578 g/mol. The van der Waals surface area contributed by atoms with E-state index in [2.05, 4.69) is 54.6 Å². The summed E-state index contributed by atoms with van der Waals surface area (Å²) < 4.78 is 0.765. The molecule has 34 heavy (non-hydrogen) atoms.